The first-order valence-electron chi connectivity index (χ1n) is 5.85. The second kappa shape index (κ2) is 6.04. The standard InChI is InChI=1S/C13H15BrClNO2/c1-18-8-9-4-5-16(7-9)13(17)10-2-3-12(15)11(14)6-10/h2-3,6,9H,4-5,7-8H2,1H3. The highest BCUT2D eigenvalue weighted by molar-refractivity contribution is 9.10. The number of methoxy groups -OCH3 is 1. The van der Waals surface area contributed by atoms with Crippen LogP contribution in [0, 0.1) is 5.92 Å². The summed E-state index contributed by atoms with van der Waals surface area (Å²) < 4.78 is 5.88. The third-order valence-corrected chi connectivity index (χ3v) is 4.36. The van der Waals surface area contributed by atoms with Crippen molar-refractivity contribution in [2.24, 2.45) is 5.92 Å². The molecule has 1 aromatic carbocycles. The van der Waals surface area contributed by atoms with Gasteiger partial charge in [0.15, 0.2) is 0 Å². The number of hydrogen-bond donors (Lipinski definition) is 0. The zero-order chi connectivity index (χ0) is 13.1. The highest BCUT2D eigenvalue weighted by atomic mass is 79.9. The van der Waals surface area contributed by atoms with Gasteiger partial charge in [0.2, 0.25) is 0 Å². The minimum absolute atomic E-state index is 0.0611. The van der Waals surface area contributed by atoms with Crippen molar-refractivity contribution in [3.63, 3.8) is 0 Å². The third kappa shape index (κ3) is 3.05. The smallest absolute Gasteiger partial charge is 0.253 e. The molecule has 1 unspecified atom stereocenters. The van der Waals surface area contributed by atoms with Crippen LogP contribution in [0.15, 0.2) is 22.7 Å². The van der Waals surface area contributed by atoms with Gasteiger partial charge < -0.3 is 9.64 Å². The van der Waals surface area contributed by atoms with E-state index in [0.29, 0.717) is 23.1 Å². The average Bonchev–Trinajstić information content (AvgIpc) is 2.81. The SMILES string of the molecule is COCC1CCN(C(=O)c2ccc(Cl)c(Br)c2)C1. The Morgan fingerprint density at radius 1 is 1.61 bits per heavy atom. The van der Waals surface area contributed by atoms with Crippen molar-refractivity contribution < 1.29 is 9.53 Å². The van der Waals surface area contributed by atoms with Crippen molar-refractivity contribution in [1.82, 2.24) is 4.90 Å². The highest BCUT2D eigenvalue weighted by Crippen LogP contribution is 2.25. The Bertz CT molecular complexity index is 453. The zero-order valence-corrected chi connectivity index (χ0v) is 12.5. The van der Waals surface area contributed by atoms with E-state index in [-0.39, 0.29) is 5.91 Å². The molecule has 0 spiro atoms. The fourth-order valence-electron chi connectivity index (χ4n) is 2.20. The van der Waals surface area contributed by atoms with E-state index in [1.54, 1.807) is 25.3 Å². The van der Waals surface area contributed by atoms with E-state index in [1.165, 1.54) is 0 Å². The zero-order valence-electron chi connectivity index (χ0n) is 10.2. The second-order valence-corrected chi connectivity index (χ2v) is 5.75. The fourth-order valence-corrected chi connectivity index (χ4v) is 2.70. The third-order valence-electron chi connectivity index (χ3n) is 3.14. The van der Waals surface area contributed by atoms with E-state index >= 15 is 0 Å². The van der Waals surface area contributed by atoms with Crippen LogP contribution in [0.1, 0.15) is 16.8 Å². The molecule has 2 rings (SSSR count). The molecule has 1 amide bonds. The number of likely N-dealkylation sites (tertiary alicyclic amines) is 1. The molecule has 1 aliphatic heterocycles. The van der Waals surface area contributed by atoms with Gasteiger partial charge in [0.25, 0.3) is 5.91 Å². The average molecular weight is 333 g/mol. The number of carbonyl (C=O) groups is 1. The lowest BCUT2D eigenvalue weighted by molar-refractivity contribution is 0.0775. The lowest BCUT2D eigenvalue weighted by atomic mass is 10.1. The van der Waals surface area contributed by atoms with Crippen molar-refractivity contribution in [1.29, 1.82) is 0 Å². The number of benzene rings is 1. The predicted octanol–water partition coefficient (Wildman–Crippen LogP) is 3.21. The molecule has 98 valence electrons. The first kappa shape index (κ1) is 13.8. The number of halogens is 2. The lowest BCUT2D eigenvalue weighted by Gasteiger charge is -2.16. The molecule has 1 heterocycles. The highest BCUT2D eigenvalue weighted by Gasteiger charge is 2.26. The summed E-state index contributed by atoms with van der Waals surface area (Å²) in [6.45, 7) is 2.29. The number of hydrogen-bond acceptors (Lipinski definition) is 2. The quantitative estimate of drug-likeness (QED) is 0.850. The lowest BCUT2D eigenvalue weighted by Crippen LogP contribution is -2.29. The van der Waals surface area contributed by atoms with Crippen LogP contribution in [0.3, 0.4) is 0 Å². The molecule has 1 aliphatic rings. The molecule has 0 bridgehead atoms. The Morgan fingerprint density at radius 2 is 2.39 bits per heavy atom. The largest absolute Gasteiger partial charge is 0.384 e. The van der Waals surface area contributed by atoms with Gasteiger partial charge in [-0.3, -0.25) is 4.79 Å². The summed E-state index contributed by atoms with van der Waals surface area (Å²) in [6.07, 6.45) is 1.01. The summed E-state index contributed by atoms with van der Waals surface area (Å²) in [6, 6.07) is 5.27. The Kier molecular flexibility index (Phi) is 4.65. The molecule has 0 aliphatic carbocycles. The van der Waals surface area contributed by atoms with E-state index < -0.39 is 0 Å². The van der Waals surface area contributed by atoms with Crippen LogP contribution in [-0.2, 0) is 4.74 Å². The molecule has 3 nitrogen and oxygen atoms in total. The van der Waals surface area contributed by atoms with Gasteiger partial charge in [-0.2, -0.15) is 0 Å². The summed E-state index contributed by atoms with van der Waals surface area (Å²) in [7, 11) is 1.70. The maximum atomic E-state index is 12.3. The first-order chi connectivity index (χ1) is 8.61. The predicted molar refractivity (Wildman–Crippen MR) is 75.0 cm³/mol. The molecule has 1 fully saturated rings. The maximum absolute atomic E-state index is 12.3. The molecule has 1 atom stereocenters. The summed E-state index contributed by atoms with van der Waals surface area (Å²) in [4.78, 5) is 14.2. The van der Waals surface area contributed by atoms with Gasteiger partial charge in [0, 0.05) is 36.2 Å². The van der Waals surface area contributed by atoms with Crippen LogP contribution >= 0.6 is 27.5 Å². The van der Waals surface area contributed by atoms with E-state index in [4.69, 9.17) is 16.3 Å². The molecule has 0 aromatic heterocycles. The van der Waals surface area contributed by atoms with Crippen LogP contribution in [0.5, 0.6) is 0 Å². The van der Waals surface area contributed by atoms with Crippen molar-refractivity contribution in [2.45, 2.75) is 6.42 Å². The summed E-state index contributed by atoms with van der Waals surface area (Å²) >= 11 is 9.26. The maximum Gasteiger partial charge on any atom is 0.253 e. The van der Waals surface area contributed by atoms with Crippen LogP contribution in [0.2, 0.25) is 5.02 Å². The van der Waals surface area contributed by atoms with Gasteiger partial charge in [-0.1, -0.05) is 11.6 Å². The van der Waals surface area contributed by atoms with Gasteiger partial charge in [-0.05, 0) is 40.5 Å². The topological polar surface area (TPSA) is 29.5 Å². The van der Waals surface area contributed by atoms with Gasteiger partial charge in [-0.15, -0.1) is 0 Å². The van der Waals surface area contributed by atoms with Gasteiger partial charge in [-0.25, -0.2) is 0 Å². The summed E-state index contributed by atoms with van der Waals surface area (Å²) in [5, 5.41) is 0.616. The van der Waals surface area contributed by atoms with E-state index in [0.717, 1.165) is 24.0 Å². The van der Waals surface area contributed by atoms with Crippen LogP contribution in [-0.4, -0.2) is 37.6 Å². The summed E-state index contributed by atoms with van der Waals surface area (Å²) in [5.41, 5.74) is 0.671. The van der Waals surface area contributed by atoms with E-state index in [9.17, 15) is 4.79 Å². The summed E-state index contributed by atoms with van der Waals surface area (Å²) in [5.74, 6) is 0.515. The normalized spacial score (nSPS) is 19.3. The number of amides is 1. The molecule has 0 N–H and O–H groups in total. The number of rotatable bonds is 3. The van der Waals surface area contributed by atoms with Crippen molar-refractivity contribution in [3.8, 4) is 0 Å². The van der Waals surface area contributed by atoms with E-state index in [2.05, 4.69) is 15.9 Å². The van der Waals surface area contributed by atoms with E-state index in [1.807, 2.05) is 4.90 Å². The molecule has 0 saturated carbocycles. The minimum Gasteiger partial charge on any atom is -0.384 e. The Balaban J connectivity index is 2.05. The van der Waals surface area contributed by atoms with Crippen molar-refractivity contribution in [2.75, 3.05) is 26.8 Å². The van der Waals surface area contributed by atoms with Crippen LogP contribution < -0.4 is 0 Å². The van der Waals surface area contributed by atoms with Crippen molar-refractivity contribution >= 4 is 33.4 Å². The van der Waals surface area contributed by atoms with Crippen molar-refractivity contribution in [3.05, 3.63) is 33.3 Å². The molecule has 1 saturated heterocycles. The number of ether oxygens (including phenoxy) is 1. The van der Waals surface area contributed by atoms with Gasteiger partial charge >= 0.3 is 0 Å². The van der Waals surface area contributed by atoms with Crippen LogP contribution in [0.25, 0.3) is 0 Å². The Labute approximate surface area is 120 Å². The first-order valence-corrected chi connectivity index (χ1v) is 7.02. The van der Waals surface area contributed by atoms with Gasteiger partial charge in [0.1, 0.15) is 0 Å². The minimum atomic E-state index is 0.0611. The number of nitrogens with zero attached hydrogens (tertiary/aromatic N) is 1. The molecule has 0 radical (unpaired) electrons. The molecular weight excluding hydrogens is 318 g/mol. The Morgan fingerprint density at radius 3 is 3.06 bits per heavy atom. The Hall–Kier alpha value is -0.580. The molecule has 18 heavy (non-hydrogen) atoms. The molecular formula is C13H15BrClNO2. The second-order valence-electron chi connectivity index (χ2n) is 4.49. The van der Waals surface area contributed by atoms with Crippen LogP contribution in [0.4, 0.5) is 0 Å². The number of carbonyl (C=O) groups excluding carboxylic acids is 1. The fraction of sp³-hybridized carbons (Fsp3) is 0.462. The molecule has 1 aromatic rings. The van der Waals surface area contributed by atoms with Gasteiger partial charge in [0.05, 0.1) is 11.6 Å². The monoisotopic (exact) mass is 331 g/mol. The molecule has 5 heteroatoms.